The van der Waals surface area contributed by atoms with Gasteiger partial charge in [-0.2, -0.15) is 0 Å². The second kappa shape index (κ2) is 10.5. The van der Waals surface area contributed by atoms with E-state index in [4.69, 9.17) is 9.47 Å². The maximum atomic E-state index is 11.6. The standard InChI is InChI=1S/C22H23N3O4S/c1-3-4-20-23-22(25-24-20)30-19(21(26)27)13-15-5-11-18(12-6-15)29-14-16-7-9-17(28-2)10-8-16/h5-13H,3-4,14H2,1-2H3,(H,26,27)(H,23,24,25)/b19-13-. The van der Waals surface area contributed by atoms with Crippen LogP contribution in [0.5, 0.6) is 11.5 Å². The molecule has 3 aromatic rings. The number of thioether (sulfide) groups is 1. The first-order chi connectivity index (χ1) is 14.6. The van der Waals surface area contributed by atoms with Crippen molar-refractivity contribution in [3.63, 3.8) is 0 Å². The predicted octanol–water partition coefficient (Wildman–Crippen LogP) is 4.56. The Kier molecular flexibility index (Phi) is 7.51. The molecule has 0 aliphatic carbocycles. The first-order valence-electron chi connectivity index (χ1n) is 9.47. The molecule has 2 N–H and O–H groups in total. The van der Waals surface area contributed by atoms with Crippen LogP contribution in [0.3, 0.4) is 0 Å². The van der Waals surface area contributed by atoms with Crippen LogP contribution in [-0.2, 0) is 17.8 Å². The Morgan fingerprint density at radius 2 is 1.83 bits per heavy atom. The average molecular weight is 426 g/mol. The predicted molar refractivity (Wildman–Crippen MR) is 116 cm³/mol. The lowest BCUT2D eigenvalue weighted by Crippen LogP contribution is -1.98. The van der Waals surface area contributed by atoms with Gasteiger partial charge in [0.2, 0.25) is 5.16 Å². The minimum absolute atomic E-state index is 0.143. The van der Waals surface area contributed by atoms with Crippen LogP contribution in [0.25, 0.3) is 6.08 Å². The Bertz CT molecular complexity index is 998. The fourth-order valence-corrected chi connectivity index (χ4v) is 3.33. The summed E-state index contributed by atoms with van der Waals surface area (Å²) in [4.78, 5) is 16.1. The number of carbonyl (C=O) groups is 1. The summed E-state index contributed by atoms with van der Waals surface area (Å²) in [6.07, 6.45) is 3.31. The number of carboxylic acids is 1. The van der Waals surface area contributed by atoms with Crippen molar-refractivity contribution < 1.29 is 19.4 Å². The molecule has 0 bridgehead atoms. The number of aromatic nitrogens is 3. The molecule has 3 rings (SSSR count). The third-order valence-electron chi connectivity index (χ3n) is 4.15. The molecule has 156 valence electrons. The van der Waals surface area contributed by atoms with Gasteiger partial charge in [-0.1, -0.05) is 31.2 Å². The highest BCUT2D eigenvalue weighted by molar-refractivity contribution is 8.04. The molecule has 2 aromatic carbocycles. The Morgan fingerprint density at radius 3 is 2.47 bits per heavy atom. The Hall–Kier alpha value is -3.26. The summed E-state index contributed by atoms with van der Waals surface area (Å²) >= 11 is 1.02. The molecule has 0 saturated heterocycles. The van der Waals surface area contributed by atoms with Gasteiger partial charge in [-0.3, -0.25) is 5.10 Å². The van der Waals surface area contributed by atoms with Crippen LogP contribution in [0.15, 0.2) is 58.6 Å². The number of H-pyrrole nitrogens is 1. The summed E-state index contributed by atoms with van der Waals surface area (Å²) < 4.78 is 10.9. The number of hydrogen-bond donors (Lipinski definition) is 2. The number of methoxy groups -OCH3 is 1. The Balaban J connectivity index is 1.63. The zero-order chi connectivity index (χ0) is 21.3. The molecule has 1 aromatic heterocycles. The Labute approximate surface area is 179 Å². The lowest BCUT2D eigenvalue weighted by atomic mass is 10.2. The van der Waals surface area contributed by atoms with E-state index in [1.54, 1.807) is 13.2 Å². The maximum Gasteiger partial charge on any atom is 0.342 e. The van der Waals surface area contributed by atoms with E-state index < -0.39 is 5.97 Å². The van der Waals surface area contributed by atoms with Gasteiger partial charge in [0.05, 0.1) is 7.11 Å². The fraction of sp³-hybridized carbons (Fsp3) is 0.227. The summed E-state index contributed by atoms with van der Waals surface area (Å²) in [6, 6.07) is 14.9. The van der Waals surface area contributed by atoms with Crippen molar-refractivity contribution in [2.45, 2.75) is 31.5 Å². The van der Waals surface area contributed by atoms with Gasteiger partial charge in [0.1, 0.15) is 28.8 Å². The van der Waals surface area contributed by atoms with Crippen LogP contribution < -0.4 is 9.47 Å². The quantitative estimate of drug-likeness (QED) is 0.363. The molecule has 8 heteroatoms. The lowest BCUT2D eigenvalue weighted by Gasteiger charge is -2.07. The van der Waals surface area contributed by atoms with Crippen LogP contribution in [0.2, 0.25) is 0 Å². The molecule has 0 saturated carbocycles. The second-order valence-electron chi connectivity index (χ2n) is 6.44. The number of aliphatic carboxylic acids is 1. The van der Waals surface area contributed by atoms with Crippen LogP contribution >= 0.6 is 11.8 Å². The molecule has 0 aliphatic heterocycles. The van der Waals surface area contributed by atoms with E-state index in [-0.39, 0.29) is 4.91 Å². The minimum Gasteiger partial charge on any atom is -0.497 e. The number of nitrogens with one attached hydrogen (secondary N) is 1. The van der Waals surface area contributed by atoms with E-state index in [9.17, 15) is 9.90 Å². The highest BCUT2D eigenvalue weighted by atomic mass is 32.2. The SMILES string of the molecule is CCCc1nc(S/C(=C\c2ccc(OCc3ccc(OC)cc3)cc2)C(=O)O)n[nH]1. The largest absolute Gasteiger partial charge is 0.497 e. The maximum absolute atomic E-state index is 11.6. The summed E-state index contributed by atoms with van der Waals surface area (Å²) in [5.41, 5.74) is 1.78. The van der Waals surface area contributed by atoms with Gasteiger partial charge < -0.3 is 14.6 Å². The number of nitrogens with zero attached hydrogens (tertiary/aromatic N) is 2. The van der Waals surface area contributed by atoms with Crippen molar-refractivity contribution in [1.29, 1.82) is 0 Å². The van der Waals surface area contributed by atoms with Gasteiger partial charge in [0.15, 0.2) is 0 Å². The molecule has 30 heavy (non-hydrogen) atoms. The molecular formula is C22H23N3O4S. The number of aromatic amines is 1. The zero-order valence-electron chi connectivity index (χ0n) is 16.8. The minimum atomic E-state index is -1.03. The van der Waals surface area contributed by atoms with Gasteiger partial charge in [-0.25, -0.2) is 9.78 Å². The topological polar surface area (TPSA) is 97.3 Å². The van der Waals surface area contributed by atoms with Crippen LogP contribution in [0, 0.1) is 0 Å². The fourth-order valence-electron chi connectivity index (χ4n) is 2.61. The second-order valence-corrected chi connectivity index (χ2v) is 7.45. The van der Waals surface area contributed by atoms with Crippen molar-refractivity contribution in [2.75, 3.05) is 7.11 Å². The van der Waals surface area contributed by atoms with Gasteiger partial charge in [-0.05, 0) is 59.7 Å². The summed E-state index contributed by atoms with van der Waals surface area (Å²) in [6.45, 7) is 2.47. The molecule has 0 unspecified atom stereocenters. The van der Waals surface area contributed by atoms with Gasteiger partial charge >= 0.3 is 5.97 Å². The van der Waals surface area contributed by atoms with Crippen molar-refractivity contribution in [1.82, 2.24) is 15.2 Å². The van der Waals surface area contributed by atoms with E-state index in [0.29, 0.717) is 17.5 Å². The number of aryl methyl sites for hydroxylation is 1. The van der Waals surface area contributed by atoms with Gasteiger partial charge in [0, 0.05) is 6.42 Å². The van der Waals surface area contributed by atoms with E-state index in [2.05, 4.69) is 15.2 Å². The highest BCUT2D eigenvalue weighted by Crippen LogP contribution is 2.26. The first-order valence-corrected chi connectivity index (χ1v) is 10.3. The normalized spacial score (nSPS) is 11.3. The number of rotatable bonds is 10. The van der Waals surface area contributed by atoms with Gasteiger partial charge in [-0.15, -0.1) is 5.10 Å². The number of carboxylic acid groups (broad SMARTS) is 1. The van der Waals surface area contributed by atoms with Crippen LogP contribution in [0.4, 0.5) is 0 Å². The zero-order valence-corrected chi connectivity index (χ0v) is 17.6. The van der Waals surface area contributed by atoms with E-state index in [1.165, 1.54) is 0 Å². The summed E-state index contributed by atoms with van der Waals surface area (Å²) in [5.74, 6) is 1.23. The Morgan fingerprint density at radius 1 is 1.13 bits per heavy atom. The molecule has 0 spiro atoms. The summed E-state index contributed by atoms with van der Waals surface area (Å²) in [7, 11) is 1.63. The van der Waals surface area contributed by atoms with Crippen molar-refractivity contribution in [3.8, 4) is 11.5 Å². The van der Waals surface area contributed by atoms with E-state index >= 15 is 0 Å². The third kappa shape index (κ3) is 6.12. The molecule has 0 aliphatic rings. The van der Waals surface area contributed by atoms with E-state index in [1.807, 2.05) is 55.5 Å². The van der Waals surface area contributed by atoms with Crippen molar-refractivity contribution in [2.24, 2.45) is 0 Å². The van der Waals surface area contributed by atoms with Crippen LogP contribution in [-0.4, -0.2) is 33.4 Å². The first kappa shape index (κ1) is 21.4. The number of hydrogen-bond acceptors (Lipinski definition) is 6. The molecule has 7 nitrogen and oxygen atoms in total. The smallest absolute Gasteiger partial charge is 0.342 e. The highest BCUT2D eigenvalue weighted by Gasteiger charge is 2.13. The third-order valence-corrected chi connectivity index (χ3v) is 5.03. The monoisotopic (exact) mass is 425 g/mol. The molecule has 1 heterocycles. The van der Waals surface area contributed by atoms with Crippen LogP contribution in [0.1, 0.15) is 30.3 Å². The van der Waals surface area contributed by atoms with Crippen molar-refractivity contribution in [3.05, 3.63) is 70.4 Å². The van der Waals surface area contributed by atoms with E-state index in [0.717, 1.165) is 47.3 Å². The number of benzene rings is 2. The average Bonchev–Trinajstić information content (AvgIpc) is 3.20. The van der Waals surface area contributed by atoms with Gasteiger partial charge in [0.25, 0.3) is 0 Å². The molecule has 0 radical (unpaired) electrons. The molecule has 0 amide bonds. The molecule has 0 fully saturated rings. The molecular weight excluding hydrogens is 402 g/mol. The number of ether oxygens (including phenoxy) is 2. The molecule has 0 atom stereocenters. The summed E-state index contributed by atoms with van der Waals surface area (Å²) in [5, 5.41) is 16.8. The van der Waals surface area contributed by atoms with Crippen molar-refractivity contribution >= 4 is 23.8 Å². The lowest BCUT2D eigenvalue weighted by molar-refractivity contribution is -0.131.